The number of hydrogen-bond donors (Lipinski definition) is 1. The highest BCUT2D eigenvalue weighted by Crippen LogP contribution is 2.38. The second-order valence-corrected chi connectivity index (χ2v) is 13.0. The summed E-state index contributed by atoms with van der Waals surface area (Å²) < 4.78 is 41.8. The highest BCUT2D eigenvalue weighted by atomic mass is 32.2. The lowest BCUT2D eigenvalue weighted by Gasteiger charge is -2.38. The number of ether oxygens (including phenoxy) is 3. The van der Waals surface area contributed by atoms with Gasteiger partial charge in [-0.15, -0.1) is 0 Å². The second-order valence-electron chi connectivity index (χ2n) is 10.7. The molecule has 3 amide bonds. The molecule has 0 bridgehead atoms. The minimum absolute atomic E-state index is 0.0912. The maximum atomic E-state index is 13.5. The van der Waals surface area contributed by atoms with Crippen LogP contribution in [0.5, 0.6) is 5.88 Å². The van der Waals surface area contributed by atoms with E-state index in [-0.39, 0.29) is 63.1 Å². The van der Waals surface area contributed by atoms with E-state index in [0.29, 0.717) is 18.5 Å². The van der Waals surface area contributed by atoms with Gasteiger partial charge in [-0.2, -0.15) is 5.10 Å². The first kappa shape index (κ1) is 32.8. The summed E-state index contributed by atoms with van der Waals surface area (Å²) in [6.07, 6.45) is 2.08. The predicted octanol–water partition coefficient (Wildman–Crippen LogP) is 1.57. The summed E-state index contributed by atoms with van der Waals surface area (Å²) in [4.78, 5) is 54.9. The van der Waals surface area contributed by atoms with Crippen LogP contribution in [-0.2, 0) is 28.9 Å². The number of hydrogen-bond acceptors (Lipinski definition) is 10. The van der Waals surface area contributed by atoms with E-state index in [1.807, 2.05) is 6.07 Å². The van der Waals surface area contributed by atoms with Crippen LogP contribution >= 0.6 is 0 Å². The number of benzene rings is 1. The molecule has 2 fully saturated rings. The molecular formula is C29H39N5O9S. The molecule has 1 aliphatic heterocycles. The van der Waals surface area contributed by atoms with Crippen LogP contribution in [0.25, 0.3) is 5.69 Å². The number of rotatable bonds is 12. The number of nitrogens with zero attached hydrogens (tertiary/aromatic N) is 4. The Morgan fingerprint density at radius 1 is 0.977 bits per heavy atom. The molecule has 2 aliphatic rings. The van der Waals surface area contributed by atoms with Gasteiger partial charge < -0.3 is 29.3 Å². The standard InChI is InChI=1S/C29H39N5O9S/c1-4-41-27(37)29(13-9-14-29)43-24-20-23(31-34(24)21-10-7-6-8-11-21)25(35)30-22(12-19-44(3,39)40)26(36)32-15-17-33(18-16-32)28(38)42-5-2/h6-8,10-11,20,22H,4-5,9,12-19H2,1-3H3,(H,30,35). The number of carbonyl (C=O) groups excluding carboxylic acids is 4. The molecule has 2 heterocycles. The minimum Gasteiger partial charge on any atom is -0.463 e. The van der Waals surface area contributed by atoms with Crippen LogP contribution < -0.4 is 10.1 Å². The third-order valence-corrected chi connectivity index (χ3v) is 8.49. The van der Waals surface area contributed by atoms with Gasteiger partial charge in [-0.05, 0) is 51.7 Å². The van der Waals surface area contributed by atoms with Crippen molar-refractivity contribution >= 4 is 33.7 Å². The van der Waals surface area contributed by atoms with E-state index in [1.165, 1.54) is 20.5 Å². The molecule has 1 saturated carbocycles. The topological polar surface area (TPSA) is 166 Å². The molecular weight excluding hydrogens is 594 g/mol. The smallest absolute Gasteiger partial charge is 0.409 e. The molecule has 1 aromatic carbocycles. The lowest BCUT2D eigenvalue weighted by molar-refractivity contribution is -0.170. The Bertz CT molecular complexity index is 1450. The van der Waals surface area contributed by atoms with Crippen molar-refractivity contribution in [3.8, 4) is 11.6 Å². The SMILES string of the molecule is CCOC(=O)N1CCN(C(=O)C(CCS(C)(=O)=O)NC(=O)c2cc(OC3(C(=O)OCC)CCC3)n(-c3ccccc3)n2)CC1. The van der Waals surface area contributed by atoms with Crippen LogP contribution in [0, 0.1) is 0 Å². The van der Waals surface area contributed by atoms with Gasteiger partial charge in [-0.3, -0.25) is 9.59 Å². The maximum Gasteiger partial charge on any atom is 0.409 e. The summed E-state index contributed by atoms with van der Waals surface area (Å²) in [5.74, 6) is -1.88. The largest absolute Gasteiger partial charge is 0.463 e. The van der Waals surface area contributed by atoms with Crippen molar-refractivity contribution in [1.82, 2.24) is 24.9 Å². The first-order chi connectivity index (χ1) is 21.0. The van der Waals surface area contributed by atoms with E-state index in [2.05, 4.69) is 10.4 Å². The molecule has 1 aliphatic carbocycles. The van der Waals surface area contributed by atoms with E-state index in [4.69, 9.17) is 14.2 Å². The van der Waals surface area contributed by atoms with Crippen LogP contribution in [-0.4, -0.2) is 115 Å². The molecule has 1 aromatic heterocycles. The van der Waals surface area contributed by atoms with Crippen LogP contribution in [0.1, 0.15) is 50.0 Å². The first-order valence-electron chi connectivity index (χ1n) is 14.7. The summed E-state index contributed by atoms with van der Waals surface area (Å²) in [6, 6.07) is 9.12. The first-order valence-corrected chi connectivity index (χ1v) is 16.7. The predicted molar refractivity (Wildman–Crippen MR) is 158 cm³/mol. The van der Waals surface area contributed by atoms with Gasteiger partial charge in [-0.25, -0.2) is 22.7 Å². The Labute approximate surface area is 256 Å². The molecule has 1 atom stereocenters. The molecule has 1 saturated heterocycles. The molecule has 0 spiro atoms. The van der Waals surface area contributed by atoms with Gasteiger partial charge >= 0.3 is 12.1 Å². The Morgan fingerprint density at radius 3 is 2.18 bits per heavy atom. The lowest BCUT2D eigenvalue weighted by Crippen LogP contribution is -2.56. The molecule has 1 unspecified atom stereocenters. The van der Waals surface area contributed by atoms with Gasteiger partial charge in [0.05, 0.1) is 24.7 Å². The fourth-order valence-electron chi connectivity index (χ4n) is 4.98. The highest BCUT2D eigenvalue weighted by Gasteiger charge is 2.49. The van der Waals surface area contributed by atoms with E-state index in [0.717, 1.165) is 12.7 Å². The highest BCUT2D eigenvalue weighted by molar-refractivity contribution is 7.90. The Hall–Kier alpha value is -4.14. The zero-order valence-electron chi connectivity index (χ0n) is 25.2. The molecule has 14 nitrogen and oxygen atoms in total. The summed E-state index contributed by atoms with van der Waals surface area (Å²) >= 11 is 0. The van der Waals surface area contributed by atoms with Crippen LogP contribution in [0.4, 0.5) is 4.79 Å². The number of aromatic nitrogens is 2. The van der Waals surface area contributed by atoms with Crippen molar-refractivity contribution in [2.75, 3.05) is 51.4 Å². The third-order valence-electron chi connectivity index (χ3n) is 7.52. The number of para-hydroxylation sites is 1. The summed E-state index contributed by atoms with van der Waals surface area (Å²) in [6.45, 7) is 4.70. The van der Waals surface area contributed by atoms with Gasteiger partial charge in [0.1, 0.15) is 15.9 Å². The normalized spacial score (nSPS) is 16.8. The van der Waals surface area contributed by atoms with Crippen molar-refractivity contribution < 1.29 is 41.8 Å². The molecule has 15 heteroatoms. The number of carbonyl (C=O) groups is 4. The number of amides is 3. The Balaban J connectivity index is 1.56. The van der Waals surface area contributed by atoms with Crippen LogP contribution in [0.3, 0.4) is 0 Å². The summed E-state index contributed by atoms with van der Waals surface area (Å²) in [5, 5.41) is 7.10. The average Bonchev–Trinajstić information content (AvgIpc) is 3.41. The van der Waals surface area contributed by atoms with Gasteiger partial charge in [0.15, 0.2) is 5.69 Å². The van der Waals surface area contributed by atoms with Crippen LogP contribution in [0.2, 0.25) is 0 Å². The quantitative estimate of drug-likeness (QED) is 0.339. The van der Waals surface area contributed by atoms with Crippen molar-refractivity contribution in [2.24, 2.45) is 0 Å². The maximum absolute atomic E-state index is 13.5. The molecule has 240 valence electrons. The van der Waals surface area contributed by atoms with Crippen molar-refractivity contribution in [1.29, 1.82) is 0 Å². The minimum atomic E-state index is -3.45. The average molecular weight is 634 g/mol. The number of piperazine rings is 1. The number of nitrogens with one attached hydrogen (secondary N) is 1. The third kappa shape index (κ3) is 7.87. The number of esters is 1. The van der Waals surface area contributed by atoms with Gasteiger partial charge in [0, 0.05) is 38.5 Å². The molecule has 2 aromatic rings. The fourth-order valence-corrected chi connectivity index (χ4v) is 5.64. The van der Waals surface area contributed by atoms with Crippen molar-refractivity contribution in [3.63, 3.8) is 0 Å². The molecule has 44 heavy (non-hydrogen) atoms. The van der Waals surface area contributed by atoms with Crippen molar-refractivity contribution in [3.05, 3.63) is 42.1 Å². The second kappa shape index (κ2) is 14.1. The van der Waals surface area contributed by atoms with E-state index >= 15 is 0 Å². The van der Waals surface area contributed by atoms with Crippen molar-refractivity contribution in [2.45, 2.75) is 51.2 Å². The lowest BCUT2D eigenvalue weighted by atomic mass is 9.80. The van der Waals surface area contributed by atoms with Gasteiger partial charge in [0.2, 0.25) is 17.4 Å². The molecule has 4 rings (SSSR count). The van der Waals surface area contributed by atoms with Gasteiger partial charge in [-0.1, -0.05) is 18.2 Å². The Kier molecular flexibility index (Phi) is 10.5. The monoisotopic (exact) mass is 633 g/mol. The van der Waals surface area contributed by atoms with E-state index < -0.39 is 45.4 Å². The molecule has 0 radical (unpaired) electrons. The summed E-state index contributed by atoms with van der Waals surface area (Å²) in [5.41, 5.74) is -0.716. The Morgan fingerprint density at radius 2 is 1.61 bits per heavy atom. The van der Waals surface area contributed by atoms with E-state index in [9.17, 15) is 27.6 Å². The fraction of sp³-hybridized carbons (Fsp3) is 0.552. The summed E-state index contributed by atoms with van der Waals surface area (Å²) in [7, 11) is -3.45. The zero-order chi connectivity index (χ0) is 31.9. The molecule has 1 N–H and O–H groups in total. The van der Waals surface area contributed by atoms with E-state index in [1.54, 1.807) is 38.1 Å². The van der Waals surface area contributed by atoms with Crippen LogP contribution in [0.15, 0.2) is 36.4 Å². The zero-order valence-corrected chi connectivity index (χ0v) is 26.0. The van der Waals surface area contributed by atoms with Gasteiger partial charge in [0.25, 0.3) is 5.91 Å². The number of sulfone groups is 1.